The predicted octanol–water partition coefficient (Wildman–Crippen LogP) is 6.95. The summed E-state index contributed by atoms with van der Waals surface area (Å²) >= 11 is 0. The van der Waals surface area contributed by atoms with Gasteiger partial charge >= 0.3 is 0 Å². The first-order valence-corrected chi connectivity index (χ1v) is 13.3. The van der Waals surface area contributed by atoms with Crippen molar-refractivity contribution in [2.45, 2.75) is 110 Å². The van der Waals surface area contributed by atoms with Crippen LogP contribution < -0.4 is 5.32 Å². The molecule has 4 aliphatic carbocycles. The van der Waals surface area contributed by atoms with Crippen LogP contribution in [0.3, 0.4) is 0 Å². The van der Waals surface area contributed by atoms with E-state index in [1.807, 2.05) is 0 Å². The van der Waals surface area contributed by atoms with Crippen LogP contribution in [0.5, 0.6) is 0 Å². The lowest BCUT2D eigenvalue weighted by atomic mass is 9.43. The molecule has 0 aromatic heterocycles. The Bertz CT molecular complexity index is 672. The van der Waals surface area contributed by atoms with Gasteiger partial charge in [-0.05, 0) is 85.9 Å². The molecule has 2 nitrogen and oxygen atoms in total. The summed E-state index contributed by atoms with van der Waals surface area (Å²) in [5.41, 5.74) is 1.21. The maximum absolute atomic E-state index is 5.95. The van der Waals surface area contributed by atoms with Crippen molar-refractivity contribution in [2.75, 3.05) is 6.73 Å². The van der Waals surface area contributed by atoms with Gasteiger partial charge in [-0.1, -0.05) is 66.0 Å². The Labute approximate surface area is 186 Å². The summed E-state index contributed by atoms with van der Waals surface area (Å²) in [7, 11) is 0. The highest BCUT2D eigenvalue weighted by molar-refractivity contribution is 5.26. The Kier molecular flexibility index (Phi) is 5.46. The van der Waals surface area contributed by atoms with Crippen molar-refractivity contribution in [3.8, 4) is 0 Å². The van der Waals surface area contributed by atoms with E-state index < -0.39 is 0 Å². The molecular formula is C28H47NO. The molecule has 1 heterocycles. The van der Waals surface area contributed by atoms with Gasteiger partial charge in [0.2, 0.25) is 0 Å². The summed E-state index contributed by atoms with van der Waals surface area (Å²) in [6, 6.07) is 0. The van der Waals surface area contributed by atoms with Gasteiger partial charge in [-0.3, -0.25) is 5.32 Å². The molecule has 0 aromatic carbocycles. The molecule has 5 aliphatic rings. The Morgan fingerprint density at radius 3 is 2.63 bits per heavy atom. The van der Waals surface area contributed by atoms with Crippen molar-refractivity contribution in [3.63, 3.8) is 0 Å². The minimum Gasteiger partial charge on any atom is -0.359 e. The van der Waals surface area contributed by atoms with Crippen LogP contribution in [0, 0.1) is 46.3 Å². The van der Waals surface area contributed by atoms with Crippen LogP contribution in [0.2, 0.25) is 0 Å². The average Bonchev–Trinajstić information content (AvgIpc) is 3.06. The fourth-order valence-electron chi connectivity index (χ4n) is 9.57. The summed E-state index contributed by atoms with van der Waals surface area (Å²) in [4.78, 5) is 0. The molecular weight excluding hydrogens is 366 g/mol. The van der Waals surface area contributed by atoms with Gasteiger partial charge in [-0.25, -0.2) is 0 Å². The van der Waals surface area contributed by atoms with Gasteiger partial charge in [-0.2, -0.15) is 0 Å². The molecule has 1 saturated heterocycles. The number of hydrogen-bond donors (Lipinski definition) is 1. The highest BCUT2D eigenvalue weighted by Crippen LogP contribution is 2.68. The lowest BCUT2D eigenvalue weighted by Crippen LogP contribution is -2.69. The lowest BCUT2D eigenvalue weighted by Gasteiger charge is -2.65. The summed E-state index contributed by atoms with van der Waals surface area (Å²) in [5, 5.41) is 3.89. The summed E-state index contributed by atoms with van der Waals surface area (Å²) in [5.74, 6) is 5.51. The molecule has 1 N–H and O–H groups in total. The van der Waals surface area contributed by atoms with Crippen LogP contribution in [0.15, 0.2) is 12.2 Å². The van der Waals surface area contributed by atoms with Crippen molar-refractivity contribution in [2.24, 2.45) is 46.3 Å². The van der Waals surface area contributed by atoms with E-state index in [9.17, 15) is 0 Å². The summed E-state index contributed by atoms with van der Waals surface area (Å²) < 4.78 is 5.95. The molecule has 0 aromatic rings. The molecule has 9 atom stereocenters. The third-order valence-corrected chi connectivity index (χ3v) is 11.3. The Balaban J connectivity index is 1.35. The Morgan fingerprint density at radius 2 is 1.83 bits per heavy atom. The van der Waals surface area contributed by atoms with E-state index in [0.717, 1.165) is 42.2 Å². The molecule has 0 unspecified atom stereocenters. The fraction of sp³-hybridized carbons (Fsp3) is 0.929. The molecule has 2 bridgehead atoms. The Hall–Kier alpha value is -0.340. The number of fused-ring (bicyclic) bond motifs is 5. The first-order chi connectivity index (χ1) is 14.3. The number of ether oxygens (including phenoxy) is 1. The van der Waals surface area contributed by atoms with Gasteiger partial charge in [0.05, 0.1) is 12.8 Å². The molecule has 1 aliphatic heterocycles. The highest BCUT2D eigenvalue weighted by Gasteiger charge is 2.64. The molecule has 0 radical (unpaired) electrons. The highest BCUT2D eigenvalue weighted by atomic mass is 16.5. The van der Waals surface area contributed by atoms with Crippen LogP contribution >= 0.6 is 0 Å². The zero-order valence-corrected chi connectivity index (χ0v) is 20.4. The predicted molar refractivity (Wildman–Crippen MR) is 125 cm³/mol. The van der Waals surface area contributed by atoms with Crippen LogP contribution in [0.1, 0.15) is 98.8 Å². The zero-order valence-electron chi connectivity index (χ0n) is 20.4. The van der Waals surface area contributed by atoms with E-state index in [1.54, 1.807) is 0 Å². The van der Waals surface area contributed by atoms with Crippen molar-refractivity contribution >= 4 is 0 Å². The van der Waals surface area contributed by atoms with Crippen molar-refractivity contribution < 1.29 is 4.74 Å². The molecule has 0 amide bonds. The Morgan fingerprint density at radius 1 is 1.00 bits per heavy atom. The molecule has 30 heavy (non-hydrogen) atoms. The maximum Gasteiger partial charge on any atom is 0.0977 e. The van der Waals surface area contributed by atoms with E-state index in [2.05, 4.69) is 52.1 Å². The molecule has 3 saturated carbocycles. The van der Waals surface area contributed by atoms with Gasteiger partial charge in [0, 0.05) is 11.0 Å². The molecule has 4 fully saturated rings. The number of rotatable bonds is 5. The quantitative estimate of drug-likeness (QED) is 0.492. The van der Waals surface area contributed by atoms with Crippen LogP contribution in [-0.2, 0) is 4.74 Å². The zero-order chi connectivity index (χ0) is 21.1. The molecule has 170 valence electrons. The van der Waals surface area contributed by atoms with Crippen LogP contribution in [0.4, 0.5) is 0 Å². The van der Waals surface area contributed by atoms with E-state index >= 15 is 0 Å². The standard InChI is InChI=1S/C28H47NO/c1-19(2)7-6-8-20(3)23-9-10-24-22-12-16-28-17-21(30-18-29-28)11-15-27(28,5)25(22)13-14-26(23,24)4/h11,15,19-25,29H,6-10,12-14,16-18H2,1-5H3/t20-,21+,22+,23-,24+,25+,26-,27-,28+/m1/s1. The van der Waals surface area contributed by atoms with Crippen LogP contribution in [-0.4, -0.2) is 18.4 Å². The largest absolute Gasteiger partial charge is 0.359 e. The minimum atomic E-state index is 0.293. The smallest absolute Gasteiger partial charge is 0.0977 e. The van der Waals surface area contributed by atoms with E-state index in [4.69, 9.17) is 4.74 Å². The third kappa shape index (κ3) is 3.10. The van der Waals surface area contributed by atoms with Gasteiger partial charge in [0.25, 0.3) is 0 Å². The lowest BCUT2D eigenvalue weighted by molar-refractivity contribution is -0.145. The SMILES string of the molecule is CC(C)CCC[C@@H](C)[C@H]1CC[C@H]2[C@@H]3CC[C@]45C[C@H](C=C[C@]4(C)[C@H]3CC[C@]12C)OCN5. The van der Waals surface area contributed by atoms with Gasteiger partial charge in [0.15, 0.2) is 0 Å². The van der Waals surface area contributed by atoms with Gasteiger partial charge in [0.1, 0.15) is 0 Å². The minimum absolute atomic E-state index is 0.293. The second kappa shape index (κ2) is 7.62. The van der Waals surface area contributed by atoms with Crippen molar-refractivity contribution in [1.82, 2.24) is 5.32 Å². The van der Waals surface area contributed by atoms with Crippen LogP contribution in [0.25, 0.3) is 0 Å². The normalized spacial score (nSPS) is 50.7. The molecule has 5 rings (SSSR count). The summed E-state index contributed by atoms with van der Waals surface area (Å²) in [6.07, 6.45) is 19.6. The first-order valence-electron chi connectivity index (χ1n) is 13.3. The number of nitrogens with one attached hydrogen (secondary N) is 1. The second-order valence-electron chi connectivity index (χ2n) is 12.9. The second-order valence-corrected chi connectivity index (χ2v) is 12.9. The third-order valence-electron chi connectivity index (χ3n) is 11.3. The molecule has 2 heteroatoms. The summed E-state index contributed by atoms with van der Waals surface area (Å²) in [6.45, 7) is 13.4. The monoisotopic (exact) mass is 413 g/mol. The number of hydrogen-bond acceptors (Lipinski definition) is 2. The van der Waals surface area contributed by atoms with Gasteiger partial charge in [-0.15, -0.1) is 0 Å². The van der Waals surface area contributed by atoms with E-state index in [0.29, 0.717) is 22.5 Å². The van der Waals surface area contributed by atoms with Crippen molar-refractivity contribution in [3.05, 3.63) is 12.2 Å². The van der Waals surface area contributed by atoms with E-state index in [-0.39, 0.29) is 0 Å². The maximum atomic E-state index is 5.95. The van der Waals surface area contributed by atoms with Gasteiger partial charge < -0.3 is 4.74 Å². The fourth-order valence-corrected chi connectivity index (χ4v) is 9.57. The topological polar surface area (TPSA) is 21.3 Å². The van der Waals surface area contributed by atoms with Crippen molar-refractivity contribution in [1.29, 1.82) is 0 Å². The average molecular weight is 414 g/mol. The van der Waals surface area contributed by atoms with E-state index in [1.165, 1.54) is 64.2 Å². The first kappa shape index (κ1) is 21.5. The molecule has 1 spiro atoms.